The molecule has 1 heterocycles. The van der Waals surface area contributed by atoms with Gasteiger partial charge in [0.25, 0.3) is 0 Å². The van der Waals surface area contributed by atoms with Crippen molar-refractivity contribution in [3.63, 3.8) is 0 Å². The molecular weight excluding hydrogens is 332 g/mol. The quantitative estimate of drug-likeness (QED) is 0.548. The summed E-state index contributed by atoms with van der Waals surface area (Å²) in [5, 5.41) is 3.24. The topological polar surface area (TPSA) is 79.1 Å². The molecule has 6 nitrogen and oxygen atoms in total. The number of aromatic nitrogens is 2. The van der Waals surface area contributed by atoms with E-state index in [-0.39, 0.29) is 0 Å². The second-order valence-electron chi connectivity index (χ2n) is 4.38. The Bertz CT molecular complexity index is 583. The molecule has 0 atom stereocenters. The van der Waals surface area contributed by atoms with E-state index in [1.54, 1.807) is 6.20 Å². The van der Waals surface area contributed by atoms with Crippen LogP contribution in [0.25, 0.3) is 0 Å². The molecule has 1 aromatic carbocycles. The lowest BCUT2D eigenvalue weighted by molar-refractivity contribution is 0.866. The number of hydrogen-bond donors (Lipinski definition) is 3. The molecule has 0 spiro atoms. The number of hydrogen-bond acceptors (Lipinski definition) is 6. The van der Waals surface area contributed by atoms with E-state index in [1.807, 2.05) is 12.1 Å². The largest absolute Gasteiger partial charge is 0.372 e. The SMILES string of the molecule is CCN(CC)c1ccc(Nc2nc(NN)ncc2Br)cc1. The highest BCUT2D eigenvalue weighted by Crippen LogP contribution is 2.25. The fourth-order valence-electron chi connectivity index (χ4n) is 2.01. The van der Waals surface area contributed by atoms with Crippen LogP contribution in [0.15, 0.2) is 34.9 Å². The highest BCUT2D eigenvalue weighted by Gasteiger charge is 2.06. The number of rotatable bonds is 6. The summed E-state index contributed by atoms with van der Waals surface area (Å²) in [4.78, 5) is 10.6. The van der Waals surface area contributed by atoms with Crippen molar-refractivity contribution in [2.75, 3.05) is 28.7 Å². The zero-order valence-corrected chi connectivity index (χ0v) is 13.7. The van der Waals surface area contributed by atoms with Crippen molar-refractivity contribution >= 4 is 39.1 Å². The van der Waals surface area contributed by atoms with Gasteiger partial charge in [-0.15, -0.1) is 0 Å². The average Bonchev–Trinajstić information content (AvgIpc) is 2.52. The van der Waals surface area contributed by atoms with Gasteiger partial charge in [-0.3, -0.25) is 5.43 Å². The first-order chi connectivity index (χ1) is 10.2. The van der Waals surface area contributed by atoms with E-state index < -0.39 is 0 Å². The van der Waals surface area contributed by atoms with Gasteiger partial charge in [-0.25, -0.2) is 10.8 Å². The summed E-state index contributed by atoms with van der Waals surface area (Å²) in [7, 11) is 0. The molecule has 21 heavy (non-hydrogen) atoms. The van der Waals surface area contributed by atoms with Crippen LogP contribution < -0.4 is 21.5 Å². The lowest BCUT2D eigenvalue weighted by Crippen LogP contribution is -2.21. The number of hydrazine groups is 1. The van der Waals surface area contributed by atoms with Gasteiger partial charge in [0.1, 0.15) is 5.82 Å². The predicted molar refractivity (Wildman–Crippen MR) is 90.8 cm³/mol. The first kappa shape index (κ1) is 15.5. The van der Waals surface area contributed by atoms with Crippen LogP contribution in [0.1, 0.15) is 13.8 Å². The lowest BCUT2D eigenvalue weighted by atomic mass is 10.2. The van der Waals surface area contributed by atoms with Gasteiger partial charge in [0.2, 0.25) is 5.95 Å². The van der Waals surface area contributed by atoms with Crippen LogP contribution in [0.3, 0.4) is 0 Å². The van der Waals surface area contributed by atoms with Gasteiger partial charge in [-0.05, 0) is 54.0 Å². The van der Waals surface area contributed by atoms with Crippen LogP contribution in [0.4, 0.5) is 23.1 Å². The van der Waals surface area contributed by atoms with Crippen molar-refractivity contribution < 1.29 is 0 Å². The summed E-state index contributed by atoms with van der Waals surface area (Å²) in [6.45, 7) is 6.28. The zero-order chi connectivity index (χ0) is 15.2. The number of nitrogen functional groups attached to an aromatic ring is 1. The average molecular weight is 351 g/mol. The molecule has 2 aromatic rings. The molecule has 0 bridgehead atoms. The maximum absolute atomic E-state index is 5.32. The molecule has 0 fully saturated rings. The van der Waals surface area contributed by atoms with Crippen LogP contribution in [-0.4, -0.2) is 23.1 Å². The van der Waals surface area contributed by atoms with Crippen molar-refractivity contribution in [1.29, 1.82) is 0 Å². The monoisotopic (exact) mass is 350 g/mol. The number of nitrogens with one attached hydrogen (secondary N) is 2. The molecule has 0 saturated carbocycles. The fraction of sp³-hybridized carbons (Fsp3) is 0.286. The van der Waals surface area contributed by atoms with Gasteiger partial charge in [0.05, 0.1) is 4.47 Å². The number of benzene rings is 1. The summed E-state index contributed by atoms with van der Waals surface area (Å²) in [6.07, 6.45) is 1.65. The minimum atomic E-state index is 0.362. The molecule has 7 heteroatoms. The molecule has 0 radical (unpaired) electrons. The van der Waals surface area contributed by atoms with Gasteiger partial charge >= 0.3 is 0 Å². The molecule has 0 aliphatic heterocycles. The van der Waals surface area contributed by atoms with Crippen LogP contribution >= 0.6 is 15.9 Å². The lowest BCUT2D eigenvalue weighted by Gasteiger charge is -2.21. The Hall–Kier alpha value is -1.86. The van der Waals surface area contributed by atoms with Crippen LogP contribution in [0.5, 0.6) is 0 Å². The second-order valence-corrected chi connectivity index (χ2v) is 5.23. The molecular formula is C14H19BrN6. The number of nitrogens with two attached hydrogens (primary N) is 1. The molecule has 0 unspecified atom stereocenters. The smallest absolute Gasteiger partial charge is 0.239 e. The number of nitrogens with zero attached hydrogens (tertiary/aromatic N) is 3. The molecule has 0 amide bonds. The number of halogens is 1. The zero-order valence-electron chi connectivity index (χ0n) is 12.1. The van der Waals surface area contributed by atoms with Gasteiger partial charge in [0, 0.05) is 30.7 Å². The van der Waals surface area contributed by atoms with Crippen LogP contribution in [0, 0.1) is 0 Å². The summed E-state index contributed by atoms with van der Waals surface area (Å²) >= 11 is 3.41. The van der Waals surface area contributed by atoms with Crippen molar-refractivity contribution in [2.45, 2.75) is 13.8 Å². The van der Waals surface area contributed by atoms with Gasteiger partial charge < -0.3 is 10.2 Å². The summed E-state index contributed by atoms with van der Waals surface area (Å²) in [5.41, 5.74) is 4.59. The molecule has 112 valence electrons. The summed E-state index contributed by atoms with van der Waals surface area (Å²) in [5.74, 6) is 6.34. The third kappa shape index (κ3) is 3.83. The molecule has 4 N–H and O–H groups in total. The third-order valence-corrected chi connectivity index (χ3v) is 3.71. The van der Waals surface area contributed by atoms with E-state index in [9.17, 15) is 0 Å². The Kier molecular flexibility index (Phi) is 5.35. The van der Waals surface area contributed by atoms with Crippen molar-refractivity contribution in [1.82, 2.24) is 9.97 Å². The Morgan fingerprint density at radius 1 is 1.19 bits per heavy atom. The van der Waals surface area contributed by atoms with E-state index in [0.29, 0.717) is 11.8 Å². The minimum absolute atomic E-state index is 0.362. The van der Waals surface area contributed by atoms with Crippen LogP contribution in [-0.2, 0) is 0 Å². The maximum Gasteiger partial charge on any atom is 0.239 e. The highest BCUT2D eigenvalue weighted by molar-refractivity contribution is 9.10. The normalized spacial score (nSPS) is 10.3. The molecule has 2 rings (SSSR count). The molecule has 0 saturated heterocycles. The van der Waals surface area contributed by atoms with E-state index in [1.165, 1.54) is 5.69 Å². The first-order valence-electron chi connectivity index (χ1n) is 6.79. The molecule has 0 aliphatic carbocycles. The van der Waals surface area contributed by atoms with Gasteiger partial charge in [0.15, 0.2) is 0 Å². The minimum Gasteiger partial charge on any atom is -0.372 e. The summed E-state index contributed by atoms with van der Waals surface area (Å²) in [6, 6.07) is 8.23. The Labute approximate surface area is 132 Å². The first-order valence-corrected chi connectivity index (χ1v) is 7.58. The summed E-state index contributed by atoms with van der Waals surface area (Å²) < 4.78 is 0.773. The van der Waals surface area contributed by atoms with Gasteiger partial charge in [-0.1, -0.05) is 0 Å². The predicted octanol–water partition coefficient (Wildman–Crippen LogP) is 3.11. The van der Waals surface area contributed by atoms with E-state index >= 15 is 0 Å². The van der Waals surface area contributed by atoms with Crippen molar-refractivity contribution in [3.8, 4) is 0 Å². The van der Waals surface area contributed by atoms with Gasteiger partial charge in [-0.2, -0.15) is 4.98 Å². The second kappa shape index (κ2) is 7.24. The Morgan fingerprint density at radius 2 is 1.86 bits per heavy atom. The molecule has 0 aliphatic rings. The number of anilines is 4. The fourth-order valence-corrected chi connectivity index (χ4v) is 2.30. The standard InChI is InChI=1S/C14H19BrN6/c1-3-21(4-2)11-7-5-10(6-8-11)18-13-12(15)9-17-14(19-13)20-16/h5-9H,3-4,16H2,1-2H3,(H2,17,18,19,20). The van der Waals surface area contributed by atoms with Crippen molar-refractivity contribution in [3.05, 3.63) is 34.9 Å². The van der Waals surface area contributed by atoms with E-state index in [4.69, 9.17) is 5.84 Å². The Balaban J connectivity index is 2.17. The molecule has 1 aromatic heterocycles. The van der Waals surface area contributed by atoms with Crippen LogP contribution in [0.2, 0.25) is 0 Å². The Morgan fingerprint density at radius 3 is 2.43 bits per heavy atom. The van der Waals surface area contributed by atoms with Crippen molar-refractivity contribution in [2.24, 2.45) is 5.84 Å². The maximum atomic E-state index is 5.32. The van der Waals surface area contributed by atoms with E-state index in [0.717, 1.165) is 23.2 Å². The highest BCUT2D eigenvalue weighted by atomic mass is 79.9. The van der Waals surface area contributed by atoms with E-state index in [2.05, 4.69) is 67.5 Å². The third-order valence-electron chi connectivity index (χ3n) is 3.13.